The van der Waals surface area contributed by atoms with E-state index in [0.717, 1.165) is 30.9 Å². The molecule has 0 aromatic heterocycles. The molecule has 1 saturated heterocycles. The fourth-order valence-electron chi connectivity index (χ4n) is 2.99. The maximum absolute atomic E-state index is 12.1. The lowest BCUT2D eigenvalue weighted by molar-refractivity contribution is -0.134. The molecule has 0 spiro atoms. The SMILES string of the molecule is CCOc1ccc(OCCNC(=O)CN2CCCC2C(=O)N(C)C)cc1. The Balaban J connectivity index is 1.68. The highest BCUT2D eigenvalue weighted by Crippen LogP contribution is 2.18. The number of carbonyl (C=O) groups excluding carboxylic acids is 2. The number of hydrogen-bond donors (Lipinski definition) is 1. The van der Waals surface area contributed by atoms with Gasteiger partial charge in [-0.3, -0.25) is 14.5 Å². The summed E-state index contributed by atoms with van der Waals surface area (Å²) in [6.07, 6.45) is 1.75. The van der Waals surface area contributed by atoms with Gasteiger partial charge in [-0.25, -0.2) is 0 Å². The van der Waals surface area contributed by atoms with Crippen molar-refractivity contribution < 1.29 is 19.1 Å². The van der Waals surface area contributed by atoms with Crippen LogP contribution in [0.4, 0.5) is 0 Å². The third kappa shape index (κ3) is 5.91. The van der Waals surface area contributed by atoms with Crippen molar-refractivity contribution in [3.05, 3.63) is 24.3 Å². The topological polar surface area (TPSA) is 71.1 Å². The minimum Gasteiger partial charge on any atom is -0.494 e. The zero-order chi connectivity index (χ0) is 18.9. The van der Waals surface area contributed by atoms with E-state index in [2.05, 4.69) is 5.32 Å². The fraction of sp³-hybridized carbons (Fsp3) is 0.579. The molecule has 1 unspecified atom stereocenters. The van der Waals surface area contributed by atoms with Crippen molar-refractivity contribution >= 4 is 11.8 Å². The molecule has 1 atom stereocenters. The van der Waals surface area contributed by atoms with Crippen LogP contribution in [-0.2, 0) is 9.59 Å². The van der Waals surface area contributed by atoms with Crippen LogP contribution in [0.1, 0.15) is 19.8 Å². The van der Waals surface area contributed by atoms with E-state index in [0.29, 0.717) is 19.8 Å². The lowest BCUT2D eigenvalue weighted by Gasteiger charge is -2.25. The van der Waals surface area contributed by atoms with Crippen molar-refractivity contribution in [3.8, 4) is 11.5 Å². The molecule has 1 aliphatic rings. The second-order valence-corrected chi connectivity index (χ2v) is 6.46. The van der Waals surface area contributed by atoms with Gasteiger partial charge >= 0.3 is 0 Å². The number of benzene rings is 1. The van der Waals surface area contributed by atoms with E-state index < -0.39 is 0 Å². The van der Waals surface area contributed by atoms with Crippen LogP contribution in [0.5, 0.6) is 11.5 Å². The van der Waals surface area contributed by atoms with Gasteiger partial charge in [0.2, 0.25) is 11.8 Å². The predicted octanol–water partition coefficient (Wildman–Crippen LogP) is 1.13. The Morgan fingerprint density at radius 1 is 1.19 bits per heavy atom. The molecule has 0 radical (unpaired) electrons. The third-order valence-electron chi connectivity index (χ3n) is 4.26. The summed E-state index contributed by atoms with van der Waals surface area (Å²) in [4.78, 5) is 27.8. The number of likely N-dealkylation sites (N-methyl/N-ethyl adjacent to an activating group) is 1. The summed E-state index contributed by atoms with van der Waals surface area (Å²) < 4.78 is 11.0. The van der Waals surface area contributed by atoms with Crippen LogP contribution in [0.2, 0.25) is 0 Å². The maximum atomic E-state index is 12.1. The van der Waals surface area contributed by atoms with E-state index in [9.17, 15) is 9.59 Å². The minimum absolute atomic E-state index is 0.0640. The van der Waals surface area contributed by atoms with Gasteiger partial charge in [-0.05, 0) is 50.6 Å². The number of amides is 2. The molecule has 7 nitrogen and oxygen atoms in total. The van der Waals surface area contributed by atoms with Gasteiger partial charge < -0.3 is 19.7 Å². The van der Waals surface area contributed by atoms with Gasteiger partial charge in [-0.2, -0.15) is 0 Å². The second kappa shape index (κ2) is 10.0. The molecule has 144 valence electrons. The zero-order valence-corrected chi connectivity index (χ0v) is 15.9. The van der Waals surface area contributed by atoms with E-state index in [1.165, 1.54) is 0 Å². The number of hydrogen-bond acceptors (Lipinski definition) is 5. The first-order chi connectivity index (χ1) is 12.5. The van der Waals surface area contributed by atoms with Crippen molar-refractivity contribution in [1.82, 2.24) is 15.1 Å². The number of rotatable bonds is 9. The highest BCUT2D eigenvalue weighted by molar-refractivity contribution is 5.83. The van der Waals surface area contributed by atoms with E-state index >= 15 is 0 Å². The molecule has 7 heteroatoms. The van der Waals surface area contributed by atoms with Crippen LogP contribution in [-0.4, -0.2) is 74.6 Å². The lowest BCUT2D eigenvalue weighted by Crippen LogP contribution is -2.47. The summed E-state index contributed by atoms with van der Waals surface area (Å²) in [5.41, 5.74) is 0. The van der Waals surface area contributed by atoms with E-state index in [-0.39, 0.29) is 24.4 Å². The molecule has 1 aromatic rings. The Kier molecular flexibility index (Phi) is 7.72. The number of nitrogens with one attached hydrogen (secondary N) is 1. The summed E-state index contributed by atoms with van der Waals surface area (Å²) in [5, 5.41) is 2.84. The number of ether oxygens (including phenoxy) is 2. The largest absolute Gasteiger partial charge is 0.494 e. The summed E-state index contributed by atoms with van der Waals surface area (Å²) in [6.45, 7) is 4.40. The van der Waals surface area contributed by atoms with Gasteiger partial charge in [0, 0.05) is 14.1 Å². The molecule has 0 bridgehead atoms. The smallest absolute Gasteiger partial charge is 0.239 e. The molecule has 0 aliphatic carbocycles. The molecule has 26 heavy (non-hydrogen) atoms. The van der Waals surface area contributed by atoms with Gasteiger partial charge in [0.05, 0.1) is 25.7 Å². The Hall–Kier alpha value is -2.28. The molecule has 2 rings (SSSR count). The van der Waals surface area contributed by atoms with Gasteiger partial charge in [-0.15, -0.1) is 0 Å². The van der Waals surface area contributed by atoms with Crippen molar-refractivity contribution in [1.29, 1.82) is 0 Å². The van der Waals surface area contributed by atoms with Gasteiger partial charge in [0.25, 0.3) is 0 Å². The van der Waals surface area contributed by atoms with E-state index in [1.54, 1.807) is 19.0 Å². The second-order valence-electron chi connectivity index (χ2n) is 6.46. The van der Waals surface area contributed by atoms with E-state index in [1.807, 2.05) is 36.1 Å². The van der Waals surface area contributed by atoms with Crippen LogP contribution in [0.3, 0.4) is 0 Å². The molecule has 1 heterocycles. The molecule has 1 fully saturated rings. The fourth-order valence-corrected chi connectivity index (χ4v) is 2.99. The van der Waals surface area contributed by atoms with Gasteiger partial charge in [-0.1, -0.05) is 0 Å². The Labute approximate surface area is 155 Å². The monoisotopic (exact) mass is 363 g/mol. The average Bonchev–Trinajstić information content (AvgIpc) is 3.07. The van der Waals surface area contributed by atoms with Crippen LogP contribution >= 0.6 is 0 Å². The first kappa shape index (κ1) is 20.0. The van der Waals surface area contributed by atoms with Gasteiger partial charge in [0.15, 0.2) is 0 Å². The zero-order valence-electron chi connectivity index (χ0n) is 15.9. The molecular formula is C19H29N3O4. The van der Waals surface area contributed by atoms with E-state index in [4.69, 9.17) is 9.47 Å². The normalized spacial score (nSPS) is 17.0. The number of nitrogens with zero attached hydrogens (tertiary/aromatic N) is 2. The molecular weight excluding hydrogens is 334 g/mol. The van der Waals surface area contributed by atoms with Crippen molar-refractivity contribution in [2.24, 2.45) is 0 Å². The quantitative estimate of drug-likeness (QED) is 0.666. The Morgan fingerprint density at radius 2 is 1.85 bits per heavy atom. The number of likely N-dealkylation sites (tertiary alicyclic amines) is 1. The van der Waals surface area contributed by atoms with Crippen molar-refractivity contribution in [3.63, 3.8) is 0 Å². The Bertz CT molecular complexity index is 589. The highest BCUT2D eigenvalue weighted by atomic mass is 16.5. The third-order valence-corrected chi connectivity index (χ3v) is 4.26. The van der Waals surface area contributed by atoms with Crippen molar-refractivity contribution in [2.45, 2.75) is 25.8 Å². The highest BCUT2D eigenvalue weighted by Gasteiger charge is 2.32. The first-order valence-corrected chi connectivity index (χ1v) is 9.09. The molecule has 1 aromatic carbocycles. The summed E-state index contributed by atoms with van der Waals surface area (Å²) in [7, 11) is 3.49. The maximum Gasteiger partial charge on any atom is 0.239 e. The van der Waals surface area contributed by atoms with Crippen LogP contribution in [0.25, 0.3) is 0 Å². The summed E-state index contributed by atoms with van der Waals surface area (Å²) >= 11 is 0. The number of carbonyl (C=O) groups is 2. The molecule has 1 N–H and O–H groups in total. The summed E-state index contributed by atoms with van der Waals surface area (Å²) in [6, 6.07) is 7.21. The summed E-state index contributed by atoms with van der Waals surface area (Å²) in [5.74, 6) is 1.52. The molecule has 1 aliphatic heterocycles. The van der Waals surface area contributed by atoms with Crippen LogP contribution in [0.15, 0.2) is 24.3 Å². The predicted molar refractivity (Wildman–Crippen MR) is 99.4 cm³/mol. The van der Waals surface area contributed by atoms with Gasteiger partial charge in [0.1, 0.15) is 18.1 Å². The average molecular weight is 363 g/mol. The standard InChI is InChI=1S/C19H29N3O4/c1-4-25-15-7-9-16(10-8-15)26-13-11-20-18(23)14-22-12-5-6-17(22)19(24)21(2)3/h7-10,17H,4-6,11-14H2,1-3H3,(H,20,23). The molecule has 2 amide bonds. The lowest BCUT2D eigenvalue weighted by atomic mass is 10.2. The Morgan fingerprint density at radius 3 is 2.46 bits per heavy atom. The van der Waals surface area contributed by atoms with Crippen LogP contribution in [0, 0.1) is 0 Å². The molecule has 0 saturated carbocycles. The minimum atomic E-state index is -0.184. The first-order valence-electron chi connectivity index (χ1n) is 9.09. The van der Waals surface area contributed by atoms with Crippen LogP contribution < -0.4 is 14.8 Å². The van der Waals surface area contributed by atoms with Crippen molar-refractivity contribution in [2.75, 3.05) is 46.9 Å².